The van der Waals surface area contributed by atoms with Gasteiger partial charge in [0.2, 0.25) is 0 Å². The summed E-state index contributed by atoms with van der Waals surface area (Å²) in [7, 11) is 0. The molecule has 1 heterocycles. The third-order valence-corrected chi connectivity index (χ3v) is 2.18. The van der Waals surface area contributed by atoms with Gasteiger partial charge in [-0.3, -0.25) is 0 Å². The van der Waals surface area contributed by atoms with Gasteiger partial charge in [0.05, 0.1) is 6.26 Å². The van der Waals surface area contributed by atoms with Crippen LogP contribution in [0.2, 0.25) is 0 Å². The van der Waals surface area contributed by atoms with Gasteiger partial charge in [0.25, 0.3) is 0 Å². The third-order valence-electron chi connectivity index (χ3n) is 1.79. The summed E-state index contributed by atoms with van der Waals surface area (Å²) in [6.45, 7) is 2.03. The molecule has 0 amide bonds. The van der Waals surface area contributed by atoms with Crippen LogP contribution in [0.5, 0.6) is 0 Å². The van der Waals surface area contributed by atoms with E-state index in [0.29, 0.717) is 0 Å². The topological polar surface area (TPSA) is 13.1 Å². The van der Waals surface area contributed by atoms with E-state index in [9.17, 15) is 0 Å². The first-order valence-corrected chi connectivity index (χ1v) is 3.89. The van der Waals surface area contributed by atoms with Crippen LogP contribution in [-0.2, 0) is 0 Å². The van der Waals surface area contributed by atoms with Crippen molar-refractivity contribution in [3.05, 3.63) is 30.0 Å². The molecule has 0 radical (unpaired) electrons. The highest BCUT2D eigenvalue weighted by Gasteiger charge is 2.02. The molecule has 1 nitrogen and oxygen atoms in total. The average molecular weight is 164 g/mol. The third kappa shape index (κ3) is 0.942. The second-order valence-electron chi connectivity index (χ2n) is 2.56. The fourth-order valence-electron chi connectivity index (χ4n) is 1.19. The monoisotopic (exact) mass is 164 g/mol. The standard InChI is InChI=1S/C9H8OS/c1-6-2-3-8(11)7-4-5-10-9(6)7/h2-5,11H,1H3. The molecule has 0 aliphatic heterocycles. The average Bonchev–Trinajstić information content (AvgIpc) is 2.45. The highest BCUT2D eigenvalue weighted by Crippen LogP contribution is 2.25. The Morgan fingerprint density at radius 1 is 1.27 bits per heavy atom. The van der Waals surface area contributed by atoms with Gasteiger partial charge in [-0.15, -0.1) is 12.6 Å². The normalized spacial score (nSPS) is 10.7. The lowest BCUT2D eigenvalue weighted by Crippen LogP contribution is -1.73. The Morgan fingerprint density at radius 3 is 2.82 bits per heavy atom. The largest absolute Gasteiger partial charge is 0.464 e. The van der Waals surface area contributed by atoms with E-state index in [4.69, 9.17) is 4.42 Å². The van der Waals surface area contributed by atoms with E-state index in [-0.39, 0.29) is 0 Å². The molecule has 0 unspecified atom stereocenters. The molecule has 0 spiro atoms. The van der Waals surface area contributed by atoms with Gasteiger partial charge in [-0.2, -0.15) is 0 Å². The van der Waals surface area contributed by atoms with E-state index >= 15 is 0 Å². The molecule has 0 N–H and O–H groups in total. The van der Waals surface area contributed by atoms with Crippen molar-refractivity contribution < 1.29 is 4.42 Å². The second kappa shape index (κ2) is 2.31. The molecule has 56 valence electrons. The van der Waals surface area contributed by atoms with Crippen molar-refractivity contribution in [1.82, 2.24) is 0 Å². The Labute approximate surface area is 70.4 Å². The zero-order valence-electron chi connectivity index (χ0n) is 6.16. The van der Waals surface area contributed by atoms with Crippen LogP contribution in [0.15, 0.2) is 33.8 Å². The quantitative estimate of drug-likeness (QED) is 0.590. The highest BCUT2D eigenvalue weighted by molar-refractivity contribution is 7.80. The molecule has 0 fully saturated rings. The molecular weight excluding hydrogens is 156 g/mol. The number of hydrogen-bond donors (Lipinski definition) is 1. The summed E-state index contributed by atoms with van der Waals surface area (Å²) >= 11 is 4.30. The summed E-state index contributed by atoms with van der Waals surface area (Å²) in [6.07, 6.45) is 1.69. The van der Waals surface area contributed by atoms with Gasteiger partial charge in [0, 0.05) is 10.3 Å². The minimum atomic E-state index is 0.942. The van der Waals surface area contributed by atoms with Crippen LogP contribution in [0, 0.1) is 6.92 Å². The van der Waals surface area contributed by atoms with Gasteiger partial charge < -0.3 is 4.42 Å². The summed E-state index contributed by atoms with van der Waals surface area (Å²) in [5, 5.41) is 1.09. The Hall–Kier alpha value is -0.890. The second-order valence-corrected chi connectivity index (χ2v) is 3.05. The van der Waals surface area contributed by atoms with E-state index in [2.05, 4.69) is 12.6 Å². The van der Waals surface area contributed by atoms with Crippen LogP contribution in [-0.4, -0.2) is 0 Å². The molecular formula is C9H8OS. The number of aryl methyl sites for hydroxylation is 1. The molecule has 2 heteroatoms. The molecule has 2 rings (SSSR count). The van der Waals surface area contributed by atoms with E-state index in [1.807, 2.05) is 25.1 Å². The predicted octanol–water partition coefficient (Wildman–Crippen LogP) is 3.03. The Kier molecular flexibility index (Phi) is 1.43. The number of thiol groups is 1. The Balaban J connectivity index is 2.96. The van der Waals surface area contributed by atoms with Crippen molar-refractivity contribution in [1.29, 1.82) is 0 Å². The van der Waals surface area contributed by atoms with Crippen molar-refractivity contribution in [3.8, 4) is 0 Å². The smallest absolute Gasteiger partial charge is 0.137 e. The first-order valence-electron chi connectivity index (χ1n) is 3.45. The molecule has 1 aromatic carbocycles. The molecule has 0 aliphatic rings. The van der Waals surface area contributed by atoms with Gasteiger partial charge in [0.15, 0.2) is 0 Å². The van der Waals surface area contributed by atoms with Gasteiger partial charge >= 0.3 is 0 Å². The van der Waals surface area contributed by atoms with Crippen molar-refractivity contribution in [3.63, 3.8) is 0 Å². The molecule has 11 heavy (non-hydrogen) atoms. The van der Waals surface area contributed by atoms with Crippen LogP contribution in [0.25, 0.3) is 11.0 Å². The van der Waals surface area contributed by atoms with Crippen LogP contribution >= 0.6 is 12.6 Å². The maximum atomic E-state index is 5.28. The molecule has 0 saturated carbocycles. The number of fused-ring (bicyclic) bond motifs is 1. The first-order chi connectivity index (χ1) is 5.29. The van der Waals surface area contributed by atoms with Crippen molar-refractivity contribution in [2.75, 3.05) is 0 Å². The van der Waals surface area contributed by atoms with Gasteiger partial charge in [-0.1, -0.05) is 6.07 Å². The number of furan rings is 1. The number of hydrogen-bond acceptors (Lipinski definition) is 2. The molecule has 0 saturated heterocycles. The Bertz CT molecular complexity index is 353. The maximum Gasteiger partial charge on any atom is 0.137 e. The summed E-state index contributed by atoms with van der Waals surface area (Å²) < 4.78 is 5.28. The minimum absolute atomic E-state index is 0.942. The summed E-state index contributed by atoms with van der Waals surface area (Å²) in [4.78, 5) is 0.972. The summed E-state index contributed by atoms with van der Waals surface area (Å²) in [6, 6.07) is 5.93. The maximum absolute atomic E-state index is 5.28. The molecule has 0 bridgehead atoms. The Morgan fingerprint density at radius 2 is 2.09 bits per heavy atom. The molecule has 0 aliphatic carbocycles. The number of benzene rings is 1. The number of rotatable bonds is 0. The summed E-state index contributed by atoms with van der Waals surface area (Å²) in [5.41, 5.74) is 2.10. The van der Waals surface area contributed by atoms with Crippen LogP contribution < -0.4 is 0 Å². The lowest BCUT2D eigenvalue weighted by Gasteiger charge is -1.95. The van der Waals surface area contributed by atoms with Gasteiger partial charge in [-0.25, -0.2) is 0 Å². The van der Waals surface area contributed by atoms with Crippen LogP contribution in [0.3, 0.4) is 0 Å². The minimum Gasteiger partial charge on any atom is -0.464 e. The van der Waals surface area contributed by atoms with Crippen molar-refractivity contribution >= 4 is 23.6 Å². The van der Waals surface area contributed by atoms with E-state index in [1.165, 1.54) is 0 Å². The van der Waals surface area contributed by atoms with E-state index < -0.39 is 0 Å². The lowest BCUT2D eigenvalue weighted by molar-refractivity contribution is 0.613. The zero-order chi connectivity index (χ0) is 7.84. The zero-order valence-corrected chi connectivity index (χ0v) is 7.06. The SMILES string of the molecule is Cc1ccc(S)c2ccoc12. The fraction of sp³-hybridized carbons (Fsp3) is 0.111. The van der Waals surface area contributed by atoms with Crippen molar-refractivity contribution in [2.45, 2.75) is 11.8 Å². The van der Waals surface area contributed by atoms with Crippen LogP contribution in [0.1, 0.15) is 5.56 Å². The highest BCUT2D eigenvalue weighted by atomic mass is 32.1. The fourth-order valence-corrected chi connectivity index (χ4v) is 1.44. The van der Waals surface area contributed by atoms with Crippen LogP contribution in [0.4, 0.5) is 0 Å². The predicted molar refractivity (Wildman–Crippen MR) is 48.2 cm³/mol. The molecule has 1 aromatic heterocycles. The van der Waals surface area contributed by atoms with Gasteiger partial charge in [-0.05, 0) is 24.6 Å². The lowest BCUT2D eigenvalue weighted by atomic mass is 10.2. The van der Waals surface area contributed by atoms with Gasteiger partial charge in [0.1, 0.15) is 5.58 Å². The molecule has 0 atom stereocenters. The summed E-state index contributed by atoms with van der Waals surface area (Å²) in [5.74, 6) is 0. The van der Waals surface area contributed by atoms with Crippen molar-refractivity contribution in [2.24, 2.45) is 0 Å². The molecule has 2 aromatic rings. The van der Waals surface area contributed by atoms with E-state index in [1.54, 1.807) is 6.26 Å². The van der Waals surface area contributed by atoms with E-state index in [0.717, 1.165) is 21.4 Å². The first kappa shape index (κ1) is 6.80.